The summed E-state index contributed by atoms with van der Waals surface area (Å²) in [7, 11) is 0. The van der Waals surface area contributed by atoms with Gasteiger partial charge in [0.15, 0.2) is 0 Å². The van der Waals surface area contributed by atoms with E-state index in [1.54, 1.807) is 0 Å². The Morgan fingerprint density at radius 3 is 0.803 bits per heavy atom. The van der Waals surface area contributed by atoms with Crippen LogP contribution in [-0.2, 0) is 0 Å². The van der Waals surface area contributed by atoms with Gasteiger partial charge in [-0.15, -0.1) is 0 Å². The predicted octanol–water partition coefficient (Wildman–Crippen LogP) is 14.2. The van der Waals surface area contributed by atoms with Gasteiger partial charge < -0.3 is 0 Å². The molecule has 0 aromatic heterocycles. The average Bonchev–Trinajstić information content (AvgIpc) is 3.42. The number of aromatic hydroxyl groups is 10. The number of nitrogens with zero attached hydrogens (tertiary/aromatic N) is 2. The third-order valence-electron chi connectivity index (χ3n) is 14.7. The molecule has 0 aliphatic heterocycles. The molecule has 11 rings (SSSR count). The summed E-state index contributed by atoms with van der Waals surface area (Å²) in [5, 5.41) is 116. The van der Waals surface area contributed by atoms with E-state index in [0.29, 0.717) is 22.7 Å². The van der Waals surface area contributed by atoms with E-state index in [1.807, 2.05) is 97.1 Å². The standard InChI is InChI=1S/C62H54Ge2N2O10/c1-63(2,3)35-17-25-39(26-18-35)65(51-53(67)57(71)61(75)58(72)54(51)68)37-21-13-33(14-22-37)41-29-31-47-46-12-8-10-44-42(30-32-48(50(44)46)45-11-7-9-43(41)49(45)47)34-15-23-38(24-16-34)66(40-27-19-36(20-28-40)64(4,5)6)52-55(69)59(73)62(76)60(74)56(52)70/h7-32,67-76H,1-6H3. The van der Waals surface area contributed by atoms with E-state index < -0.39 is 84.0 Å². The van der Waals surface area contributed by atoms with Crippen LogP contribution in [0.3, 0.4) is 0 Å². The van der Waals surface area contributed by atoms with Crippen LogP contribution in [-0.4, -0.2) is 77.6 Å². The van der Waals surface area contributed by atoms with Gasteiger partial charge in [-0.3, -0.25) is 0 Å². The van der Waals surface area contributed by atoms with Crippen molar-refractivity contribution in [2.24, 2.45) is 0 Å². The zero-order valence-electron chi connectivity index (χ0n) is 42.4. The molecule has 11 aromatic rings. The van der Waals surface area contributed by atoms with Crippen molar-refractivity contribution in [3.05, 3.63) is 158 Å². The number of phenols is 10. The minimum atomic E-state index is -2.26. The van der Waals surface area contributed by atoms with E-state index in [9.17, 15) is 51.1 Å². The van der Waals surface area contributed by atoms with E-state index in [1.165, 1.54) is 18.6 Å². The number of hydrogen-bond donors (Lipinski definition) is 10. The van der Waals surface area contributed by atoms with E-state index >= 15 is 0 Å². The topological polar surface area (TPSA) is 209 Å². The Labute approximate surface area is 442 Å². The zero-order chi connectivity index (χ0) is 53.9. The van der Waals surface area contributed by atoms with Crippen molar-refractivity contribution in [2.45, 2.75) is 34.5 Å². The third kappa shape index (κ3) is 7.89. The van der Waals surface area contributed by atoms with Gasteiger partial charge >= 0.3 is 400 Å². The fourth-order valence-corrected chi connectivity index (χ4v) is 15.5. The van der Waals surface area contributed by atoms with Gasteiger partial charge in [0.05, 0.1) is 0 Å². The van der Waals surface area contributed by atoms with Crippen molar-refractivity contribution in [2.75, 3.05) is 9.80 Å². The van der Waals surface area contributed by atoms with Gasteiger partial charge in [0.1, 0.15) is 0 Å². The molecule has 10 N–H and O–H groups in total. The van der Waals surface area contributed by atoms with Gasteiger partial charge in [-0.1, -0.05) is 24.3 Å². The molecule has 0 aliphatic carbocycles. The monoisotopic (exact) mass is 1130 g/mol. The summed E-state index contributed by atoms with van der Waals surface area (Å²) < 4.78 is 2.45. The van der Waals surface area contributed by atoms with Crippen LogP contribution >= 0.6 is 0 Å². The predicted molar refractivity (Wildman–Crippen MR) is 310 cm³/mol. The molecule has 0 aliphatic rings. The van der Waals surface area contributed by atoms with Gasteiger partial charge in [0.2, 0.25) is 0 Å². The first-order valence-electron chi connectivity index (χ1n) is 24.7. The fraction of sp³-hybridized carbons (Fsp3) is 0.0968. The first-order valence-corrected chi connectivity index (χ1v) is 39.4. The van der Waals surface area contributed by atoms with Gasteiger partial charge in [-0.2, -0.15) is 0 Å². The van der Waals surface area contributed by atoms with Crippen LogP contribution in [0.5, 0.6) is 57.5 Å². The minimum absolute atomic E-state index is 0.303. The summed E-state index contributed by atoms with van der Waals surface area (Å²) in [5.74, 6) is 4.48. The molecule has 0 saturated heterocycles. The summed E-state index contributed by atoms with van der Waals surface area (Å²) in [6.45, 7) is 0. The number of anilines is 6. The summed E-state index contributed by atoms with van der Waals surface area (Å²) in [6.07, 6.45) is 0. The van der Waals surface area contributed by atoms with Gasteiger partial charge in [-0.25, -0.2) is 0 Å². The second-order valence-corrected chi connectivity index (χ2v) is 42.6. The molecule has 76 heavy (non-hydrogen) atoms. The van der Waals surface area contributed by atoms with Crippen LogP contribution in [0.25, 0.3) is 65.3 Å². The quantitative estimate of drug-likeness (QED) is 0.0204. The molecule has 0 saturated carbocycles. The van der Waals surface area contributed by atoms with Crippen molar-refractivity contribution in [3.63, 3.8) is 0 Å². The zero-order valence-corrected chi connectivity index (χ0v) is 46.6. The molecule has 0 atom stereocenters. The molecule has 0 bridgehead atoms. The summed E-state index contributed by atoms with van der Waals surface area (Å²) in [6, 6.07) is 51.8. The van der Waals surface area contributed by atoms with Crippen LogP contribution in [0.2, 0.25) is 34.5 Å². The van der Waals surface area contributed by atoms with Crippen molar-refractivity contribution in [1.29, 1.82) is 0 Å². The Balaban J connectivity index is 0.998. The maximum absolute atomic E-state index is 11.2. The number of phenolic OH excluding ortho intramolecular Hbond substituents is 10. The SMILES string of the molecule is [CH3][Ge]([CH3])([CH3])[c]1ccc(N(c2ccc(-c3ccc4c5cccc6c(-c7ccc(N(c8cc[c]([Ge]([CH3])([CH3])[CH3])cc8)c8c(O)c(O)c(O)c(O)c8O)cc7)ccc(c7cccc3c74)c65)cc2)c2c(O)c(O)c(O)c(O)c2O)cc1. The molecular formula is C62H54Ge2N2O10. The normalized spacial score (nSPS) is 12.1. The van der Waals surface area contributed by atoms with E-state index in [4.69, 9.17) is 0 Å². The first-order chi connectivity index (χ1) is 36.1. The molecule has 380 valence electrons. The average molecular weight is 1130 g/mol. The number of hydrogen-bond acceptors (Lipinski definition) is 12. The van der Waals surface area contributed by atoms with Gasteiger partial charge in [0, 0.05) is 0 Å². The molecular weight excluding hydrogens is 1080 g/mol. The molecule has 0 fully saturated rings. The second kappa shape index (κ2) is 18.1. The fourth-order valence-electron chi connectivity index (χ4n) is 10.6. The first kappa shape index (κ1) is 49.6. The van der Waals surface area contributed by atoms with Crippen LogP contribution in [0.4, 0.5) is 34.1 Å². The molecule has 14 heteroatoms. The summed E-state index contributed by atoms with van der Waals surface area (Å²) in [5.41, 5.74) is 5.19. The molecule has 0 radical (unpaired) electrons. The molecule has 0 spiro atoms. The van der Waals surface area contributed by atoms with Crippen LogP contribution in [0, 0.1) is 0 Å². The van der Waals surface area contributed by atoms with Gasteiger partial charge in [0.25, 0.3) is 0 Å². The summed E-state index contributed by atoms with van der Waals surface area (Å²) in [4.78, 5) is 3.06. The van der Waals surface area contributed by atoms with Crippen molar-refractivity contribution < 1.29 is 51.1 Å². The van der Waals surface area contributed by atoms with E-state index in [2.05, 4.69) is 95.2 Å². The van der Waals surface area contributed by atoms with Crippen LogP contribution < -0.4 is 18.6 Å². The third-order valence-corrected chi connectivity index (χ3v) is 23.3. The van der Waals surface area contributed by atoms with Crippen molar-refractivity contribution in [1.82, 2.24) is 0 Å². The number of benzene rings is 11. The molecule has 0 unspecified atom stereocenters. The Bertz CT molecular complexity index is 3770. The Morgan fingerprint density at radius 1 is 0.263 bits per heavy atom. The summed E-state index contributed by atoms with van der Waals surface area (Å²) >= 11 is -4.51. The Hall–Kier alpha value is -8.59. The van der Waals surface area contributed by atoms with Gasteiger partial charge in [-0.05, 0) is 21.5 Å². The van der Waals surface area contributed by atoms with E-state index in [-0.39, 0.29) is 11.4 Å². The van der Waals surface area contributed by atoms with Crippen molar-refractivity contribution in [3.8, 4) is 79.7 Å². The molecule has 11 aromatic carbocycles. The van der Waals surface area contributed by atoms with Crippen molar-refractivity contribution >= 4 is 113 Å². The Morgan fingerprint density at radius 2 is 0.513 bits per heavy atom. The van der Waals surface area contributed by atoms with Crippen LogP contribution in [0.15, 0.2) is 158 Å². The number of rotatable bonds is 10. The Kier molecular flexibility index (Phi) is 11.8. The second-order valence-electron chi connectivity index (χ2n) is 21.3. The maximum atomic E-state index is 11.2. The number of fused-ring (bicyclic) bond motifs is 2. The molecule has 12 nitrogen and oxygen atoms in total. The molecule has 0 amide bonds. The van der Waals surface area contributed by atoms with Crippen LogP contribution in [0.1, 0.15) is 0 Å². The van der Waals surface area contributed by atoms with E-state index in [0.717, 1.165) is 65.3 Å². The molecule has 0 heterocycles.